The van der Waals surface area contributed by atoms with E-state index in [9.17, 15) is 8.42 Å². The second-order valence-corrected chi connectivity index (χ2v) is 7.94. The highest BCUT2D eigenvalue weighted by Gasteiger charge is 2.28. The molecule has 2 unspecified atom stereocenters. The van der Waals surface area contributed by atoms with Crippen molar-refractivity contribution in [3.8, 4) is 0 Å². The van der Waals surface area contributed by atoms with Gasteiger partial charge in [0.2, 0.25) is 10.0 Å². The first-order chi connectivity index (χ1) is 9.61. The maximum Gasteiger partial charge on any atom is 0.211 e. The summed E-state index contributed by atoms with van der Waals surface area (Å²) < 4.78 is 32.5. The van der Waals surface area contributed by atoms with Gasteiger partial charge in [0.1, 0.15) is 0 Å². The van der Waals surface area contributed by atoms with Gasteiger partial charge < -0.3 is 10.1 Å². The zero-order valence-corrected chi connectivity index (χ0v) is 13.3. The van der Waals surface area contributed by atoms with Gasteiger partial charge in [-0.3, -0.25) is 0 Å². The minimum atomic E-state index is -3.13. The quantitative estimate of drug-likeness (QED) is 0.739. The fraction of sp³-hybridized carbons (Fsp3) is 1.00. The van der Waals surface area contributed by atoms with Crippen LogP contribution in [0.1, 0.15) is 39.0 Å². The maximum absolute atomic E-state index is 12.1. The van der Waals surface area contributed by atoms with Crippen LogP contribution in [0.3, 0.4) is 0 Å². The lowest BCUT2D eigenvalue weighted by atomic mass is 9.96. The number of piperidine rings is 1. The second kappa shape index (κ2) is 7.73. The fourth-order valence-electron chi connectivity index (χ4n) is 3.18. The van der Waals surface area contributed by atoms with Crippen molar-refractivity contribution >= 4 is 10.0 Å². The van der Waals surface area contributed by atoms with Gasteiger partial charge >= 0.3 is 0 Å². The number of nitrogens with one attached hydrogen (secondary N) is 2. The molecular weight excluding hydrogens is 276 g/mol. The van der Waals surface area contributed by atoms with Gasteiger partial charge in [-0.25, -0.2) is 13.1 Å². The first-order valence-corrected chi connectivity index (χ1v) is 9.55. The monoisotopic (exact) mass is 304 g/mol. The summed E-state index contributed by atoms with van der Waals surface area (Å²) in [5.41, 5.74) is 0. The second-order valence-electron chi connectivity index (χ2n) is 6.02. The van der Waals surface area contributed by atoms with Crippen molar-refractivity contribution in [1.29, 1.82) is 0 Å². The molecule has 0 aromatic heterocycles. The summed E-state index contributed by atoms with van der Waals surface area (Å²) in [7, 11) is -3.13. The molecule has 20 heavy (non-hydrogen) atoms. The maximum atomic E-state index is 12.1. The first kappa shape index (κ1) is 16.2. The van der Waals surface area contributed by atoms with Crippen LogP contribution in [0.15, 0.2) is 0 Å². The van der Waals surface area contributed by atoms with Gasteiger partial charge in [0, 0.05) is 19.1 Å². The van der Waals surface area contributed by atoms with Crippen LogP contribution < -0.4 is 10.0 Å². The summed E-state index contributed by atoms with van der Waals surface area (Å²) in [6.45, 7) is 5.44. The molecule has 0 spiro atoms. The average Bonchev–Trinajstić information content (AvgIpc) is 2.92. The molecule has 2 heterocycles. The topological polar surface area (TPSA) is 67.4 Å². The molecule has 2 saturated heterocycles. The molecule has 0 bridgehead atoms. The zero-order chi connectivity index (χ0) is 14.4. The molecular formula is C14H28N2O3S. The Labute approximate surface area is 122 Å². The van der Waals surface area contributed by atoms with Gasteiger partial charge in [0.15, 0.2) is 0 Å². The van der Waals surface area contributed by atoms with Gasteiger partial charge in [0.25, 0.3) is 0 Å². The lowest BCUT2D eigenvalue weighted by Gasteiger charge is -2.22. The summed E-state index contributed by atoms with van der Waals surface area (Å²) in [6.07, 6.45) is 5.14. The molecule has 2 fully saturated rings. The summed E-state index contributed by atoms with van der Waals surface area (Å²) in [4.78, 5) is 0. The molecule has 0 aromatic carbocycles. The van der Waals surface area contributed by atoms with Crippen LogP contribution in [0.5, 0.6) is 0 Å². The highest BCUT2D eigenvalue weighted by Crippen LogP contribution is 2.23. The number of ether oxygens (including phenoxy) is 1. The van der Waals surface area contributed by atoms with E-state index in [2.05, 4.69) is 17.0 Å². The summed E-state index contributed by atoms with van der Waals surface area (Å²) in [5.74, 6) is 1.17. The van der Waals surface area contributed by atoms with Gasteiger partial charge in [-0.15, -0.1) is 0 Å². The van der Waals surface area contributed by atoms with Crippen molar-refractivity contribution in [3.05, 3.63) is 0 Å². The lowest BCUT2D eigenvalue weighted by Crippen LogP contribution is -2.35. The van der Waals surface area contributed by atoms with Gasteiger partial charge in [-0.2, -0.15) is 0 Å². The molecule has 0 aromatic rings. The number of hydrogen-bond donors (Lipinski definition) is 2. The molecule has 2 atom stereocenters. The molecule has 6 heteroatoms. The SMILES string of the molecule is CCC1OCCC1CNS(=O)(=O)CCC1CCNCC1. The van der Waals surface area contributed by atoms with Crippen LogP contribution in [0.25, 0.3) is 0 Å². The number of hydrogen-bond acceptors (Lipinski definition) is 4. The average molecular weight is 304 g/mol. The normalized spacial score (nSPS) is 28.9. The van der Waals surface area contributed by atoms with Crippen molar-refractivity contribution < 1.29 is 13.2 Å². The third-order valence-corrected chi connectivity index (χ3v) is 5.95. The van der Waals surface area contributed by atoms with Crippen LogP contribution in [-0.4, -0.2) is 46.5 Å². The minimum Gasteiger partial charge on any atom is -0.378 e. The minimum absolute atomic E-state index is 0.224. The van der Waals surface area contributed by atoms with E-state index in [-0.39, 0.29) is 11.9 Å². The molecule has 5 nitrogen and oxygen atoms in total. The van der Waals surface area contributed by atoms with Crippen LogP contribution in [0.2, 0.25) is 0 Å². The summed E-state index contributed by atoms with van der Waals surface area (Å²) in [6, 6.07) is 0. The Morgan fingerprint density at radius 1 is 1.25 bits per heavy atom. The highest BCUT2D eigenvalue weighted by molar-refractivity contribution is 7.89. The predicted octanol–water partition coefficient (Wildman–Crippen LogP) is 1.11. The Bertz CT molecular complexity index is 380. The van der Waals surface area contributed by atoms with Crippen LogP contribution in [0, 0.1) is 11.8 Å². The molecule has 0 saturated carbocycles. The van der Waals surface area contributed by atoms with Crippen molar-refractivity contribution in [2.24, 2.45) is 11.8 Å². The molecule has 2 aliphatic rings. The van der Waals surface area contributed by atoms with Gasteiger partial charge in [-0.05, 0) is 51.1 Å². The van der Waals surface area contributed by atoms with E-state index in [0.29, 0.717) is 18.4 Å². The Balaban J connectivity index is 1.70. The number of rotatable bonds is 7. The lowest BCUT2D eigenvalue weighted by molar-refractivity contribution is 0.0884. The Morgan fingerprint density at radius 3 is 2.70 bits per heavy atom. The van der Waals surface area contributed by atoms with E-state index >= 15 is 0 Å². The van der Waals surface area contributed by atoms with Crippen LogP contribution >= 0.6 is 0 Å². The van der Waals surface area contributed by atoms with E-state index in [1.54, 1.807) is 0 Å². The van der Waals surface area contributed by atoms with Crippen molar-refractivity contribution in [2.45, 2.75) is 45.1 Å². The first-order valence-electron chi connectivity index (χ1n) is 7.90. The summed E-state index contributed by atoms with van der Waals surface area (Å²) >= 11 is 0. The standard InChI is InChI=1S/C14H28N2O3S/c1-2-14-13(5-9-19-14)11-16-20(17,18)10-6-12-3-7-15-8-4-12/h12-16H,2-11H2,1H3. The third kappa shape index (κ3) is 4.98. The molecule has 2 N–H and O–H groups in total. The molecule has 2 aliphatic heterocycles. The van der Waals surface area contributed by atoms with E-state index < -0.39 is 10.0 Å². The van der Waals surface area contributed by atoms with Crippen LogP contribution in [0.4, 0.5) is 0 Å². The Morgan fingerprint density at radius 2 is 2.00 bits per heavy atom. The molecule has 118 valence electrons. The predicted molar refractivity (Wildman–Crippen MR) is 80.1 cm³/mol. The Kier molecular flexibility index (Phi) is 6.26. The number of sulfonamides is 1. The van der Waals surface area contributed by atoms with Crippen molar-refractivity contribution in [1.82, 2.24) is 10.0 Å². The van der Waals surface area contributed by atoms with Gasteiger partial charge in [0.05, 0.1) is 11.9 Å². The molecule has 0 amide bonds. The fourth-order valence-corrected chi connectivity index (χ4v) is 4.43. The van der Waals surface area contributed by atoms with E-state index in [0.717, 1.165) is 51.8 Å². The van der Waals surface area contributed by atoms with E-state index in [1.165, 1.54) is 0 Å². The van der Waals surface area contributed by atoms with Crippen LogP contribution in [-0.2, 0) is 14.8 Å². The highest BCUT2D eigenvalue weighted by atomic mass is 32.2. The van der Waals surface area contributed by atoms with E-state index in [1.807, 2.05) is 0 Å². The summed E-state index contributed by atoms with van der Waals surface area (Å²) in [5, 5.41) is 3.31. The molecule has 2 rings (SSSR count). The molecule has 0 aliphatic carbocycles. The zero-order valence-electron chi connectivity index (χ0n) is 12.4. The Hall–Kier alpha value is -0.170. The smallest absolute Gasteiger partial charge is 0.211 e. The molecule has 0 radical (unpaired) electrons. The van der Waals surface area contributed by atoms with Crippen molar-refractivity contribution in [3.63, 3.8) is 0 Å². The van der Waals surface area contributed by atoms with Gasteiger partial charge in [-0.1, -0.05) is 6.92 Å². The third-order valence-electron chi connectivity index (χ3n) is 4.57. The largest absolute Gasteiger partial charge is 0.378 e. The van der Waals surface area contributed by atoms with Crippen molar-refractivity contribution in [2.75, 3.05) is 32.0 Å². The van der Waals surface area contributed by atoms with E-state index in [4.69, 9.17) is 4.74 Å².